The zero-order valence-corrected chi connectivity index (χ0v) is 15.4. The van der Waals surface area contributed by atoms with E-state index in [1.165, 1.54) is 10.7 Å². The zero-order valence-electron chi connectivity index (χ0n) is 14.7. The highest BCUT2D eigenvalue weighted by molar-refractivity contribution is 6.30. The van der Waals surface area contributed by atoms with E-state index in [1.54, 1.807) is 0 Å². The SMILES string of the molecule is C[C@@H](c1nnc(-c2cccc(Cl)c2)o1)[NH+]1CCN(c2cccc[nH+]2)CC1. The molecule has 0 saturated carbocycles. The fourth-order valence-corrected chi connectivity index (χ4v) is 3.56. The third kappa shape index (κ3) is 3.57. The second-order valence-corrected chi connectivity index (χ2v) is 7.01. The van der Waals surface area contributed by atoms with Gasteiger partial charge in [0, 0.05) is 16.7 Å². The van der Waals surface area contributed by atoms with Gasteiger partial charge in [-0.2, -0.15) is 0 Å². The Morgan fingerprint density at radius 3 is 2.73 bits per heavy atom. The molecule has 0 unspecified atom stereocenters. The second kappa shape index (κ2) is 7.43. The van der Waals surface area contributed by atoms with Gasteiger partial charge >= 0.3 is 0 Å². The summed E-state index contributed by atoms with van der Waals surface area (Å²) < 4.78 is 5.93. The summed E-state index contributed by atoms with van der Waals surface area (Å²) in [5.41, 5.74) is 0.850. The highest BCUT2D eigenvalue weighted by Crippen LogP contribution is 2.22. The first kappa shape index (κ1) is 17.0. The van der Waals surface area contributed by atoms with E-state index < -0.39 is 0 Å². The molecule has 0 bridgehead atoms. The van der Waals surface area contributed by atoms with Crippen LogP contribution in [0.25, 0.3) is 11.5 Å². The van der Waals surface area contributed by atoms with Crippen molar-refractivity contribution < 1.29 is 14.3 Å². The maximum absolute atomic E-state index is 6.05. The molecule has 3 aromatic rings. The van der Waals surface area contributed by atoms with Gasteiger partial charge in [-0.3, -0.25) is 4.90 Å². The molecule has 1 aromatic carbocycles. The van der Waals surface area contributed by atoms with E-state index in [0.717, 1.165) is 31.7 Å². The lowest BCUT2D eigenvalue weighted by Gasteiger charge is -2.30. The molecule has 26 heavy (non-hydrogen) atoms. The fourth-order valence-electron chi connectivity index (χ4n) is 3.37. The molecule has 4 rings (SSSR count). The van der Waals surface area contributed by atoms with Crippen molar-refractivity contribution in [2.45, 2.75) is 13.0 Å². The van der Waals surface area contributed by atoms with Gasteiger partial charge in [-0.15, -0.1) is 10.2 Å². The Hall–Kier alpha value is -2.44. The molecule has 2 N–H and O–H groups in total. The van der Waals surface area contributed by atoms with Gasteiger partial charge in [0.15, 0.2) is 6.04 Å². The molecule has 1 aliphatic heterocycles. The van der Waals surface area contributed by atoms with Crippen LogP contribution in [0.4, 0.5) is 5.82 Å². The number of halogens is 1. The number of aromatic nitrogens is 3. The molecule has 6 nitrogen and oxygen atoms in total. The predicted molar refractivity (Wildman–Crippen MR) is 99.1 cm³/mol. The monoisotopic (exact) mass is 371 g/mol. The van der Waals surface area contributed by atoms with E-state index in [4.69, 9.17) is 16.0 Å². The normalized spacial score (nSPS) is 16.6. The number of rotatable bonds is 4. The van der Waals surface area contributed by atoms with E-state index >= 15 is 0 Å². The van der Waals surface area contributed by atoms with Gasteiger partial charge < -0.3 is 9.32 Å². The van der Waals surface area contributed by atoms with E-state index in [9.17, 15) is 0 Å². The number of nitrogens with one attached hydrogen (secondary N) is 2. The molecule has 0 spiro atoms. The molecule has 1 fully saturated rings. The summed E-state index contributed by atoms with van der Waals surface area (Å²) in [6.07, 6.45) is 1.97. The number of anilines is 1. The lowest BCUT2D eigenvalue weighted by Crippen LogP contribution is -3.14. The number of hydrogen-bond donors (Lipinski definition) is 1. The number of pyridine rings is 1. The van der Waals surface area contributed by atoms with Gasteiger partial charge in [-0.05, 0) is 31.2 Å². The quantitative estimate of drug-likeness (QED) is 0.758. The van der Waals surface area contributed by atoms with E-state index in [1.807, 2.05) is 36.5 Å². The maximum Gasteiger partial charge on any atom is 0.274 e. The summed E-state index contributed by atoms with van der Waals surface area (Å²) in [5.74, 6) is 2.36. The van der Waals surface area contributed by atoms with Crippen molar-refractivity contribution in [2.75, 3.05) is 31.1 Å². The lowest BCUT2D eigenvalue weighted by atomic mass is 10.2. The van der Waals surface area contributed by atoms with Crippen molar-refractivity contribution in [3.8, 4) is 11.5 Å². The number of quaternary nitrogens is 1. The van der Waals surface area contributed by atoms with Gasteiger partial charge in [0.25, 0.3) is 11.7 Å². The highest BCUT2D eigenvalue weighted by Gasteiger charge is 2.32. The average molecular weight is 372 g/mol. The number of aromatic amines is 1. The summed E-state index contributed by atoms with van der Waals surface area (Å²) in [7, 11) is 0. The summed E-state index contributed by atoms with van der Waals surface area (Å²) in [5, 5.41) is 9.14. The third-order valence-electron chi connectivity index (χ3n) is 4.93. The van der Waals surface area contributed by atoms with Crippen LogP contribution in [0, 0.1) is 0 Å². The Morgan fingerprint density at radius 2 is 2.00 bits per heavy atom. The van der Waals surface area contributed by atoms with Crippen molar-refractivity contribution in [1.82, 2.24) is 10.2 Å². The standard InChI is InChI=1S/C19H20ClN5O/c1-14(18-22-23-19(26-18)15-5-4-6-16(20)13-15)24-9-11-25(12-10-24)17-7-2-3-8-21-17/h2-8,13-14H,9-12H2,1H3/p+2/t14-/m0/s1. The topological polar surface area (TPSA) is 60.7 Å². The smallest absolute Gasteiger partial charge is 0.274 e. The van der Waals surface area contributed by atoms with Crippen LogP contribution in [0.15, 0.2) is 53.1 Å². The van der Waals surface area contributed by atoms with Crippen LogP contribution < -0.4 is 14.8 Å². The van der Waals surface area contributed by atoms with E-state index in [2.05, 4.69) is 39.1 Å². The third-order valence-corrected chi connectivity index (χ3v) is 5.17. The van der Waals surface area contributed by atoms with Gasteiger partial charge in [-0.25, -0.2) is 4.98 Å². The number of H-pyrrole nitrogens is 1. The van der Waals surface area contributed by atoms with Crippen molar-refractivity contribution in [2.24, 2.45) is 0 Å². The molecule has 0 radical (unpaired) electrons. The zero-order chi connectivity index (χ0) is 17.9. The van der Waals surface area contributed by atoms with Crippen LogP contribution in [0.1, 0.15) is 18.9 Å². The van der Waals surface area contributed by atoms with Gasteiger partial charge in [0.1, 0.15) is 26.2 Å². The van der Waals surface area contributed by atoms with Crippen molar-refractivity contribution >= 4 is 17.4 Å². The van der Waals surface area contributed by atoms with Crippen LogP contribution in [0.2, 0.25) is 5.02 Å². The van der Waals surface area contributed by atoms with E-state index in [-0.39, 0.29) is 6.04 Å². The molecule has 1 atom stereocenters. The van der Waals surface area contributed by atoms with Crippen LogP contribution in [0.5, 0.6) is 0 Å². The molecule has 1 aliphatic rings. The van der Waals surface area contributed by atoms with Gasteiger partial charge in [0.05, 0.1) is 6.20 Å². The lowest BCUT2D eigenvalue weighted by molar-refractivity contribution is -0.931. The minimum atomic E-state index is 0.164. The summed E-state index contributed by atoms with van der Waals surface area (Å²) >= 11 is 6.05. The molecule has 3 heterocycles. The highest BCUT2D eigenvalue weighted by atomic mass is 35.5. The van der Waals surface area contributed by atoms with Crippen molar-refractivity contribution in [3.63, 3.8) is 0 Å². The maximum atomic E-state index is 6.05. The molecule has 7 heteroatoms. The Bertz CT molecular complexity index is 861. The number of piperazine rings is 1. The van der Waals surface area contributed by atoms with Crippen LogP contribution in [-0.4, -0.2) is 36.4 Å². The first-order chi connectivity index (χ1) is 12.7. The largest absolute Gasteiger partial charge is 0.415 e. The Kier molecular flexibility index (Phi) is 4.86. The number of hydrogen-bond acceptors (Lipinski definition) is 4. The van der Waals surface area contributed by atoms with Crippen LogP contribution in [0.3, 0.4) is 0 Å². The summed E-state index contributed by atoms with van der Waals surface area (Å²) in [6, 6.07) is 13.8. The molecule has 0 amide bonds. The Balaban J connectivity index is 1.42. The summed E-state index contributed by atoms with van der Waals surface area (Å²) in [4.78, 5) is 7.14. The Labute approximate surface area is 157 Å². The predicted octanol–water partition coefficient (Wildman–Crippen LogP) is 1.67. The van der Waals surface area contributed by atoms with Gasteiger partial charge in [0.2, 0.25) is 5.89 Å². The number of benzene rings is 1. The summed E-state index contributed by atoms with van der Waals surface area (Å²) in [6.45, 7) is 6.19. The molecule has 2 aromatic heterocycles. The van der Waals surface area contributed by atoms with Crippen LogP contribution >= 0.6 is 11.6 Å². The molecule has 0 aliphatic carbocycles. The minimum Gasteiger partial charge on any atom is -0.415 e. The van der Waals surface area contributed by atoms with Crippen molar-refractivity contribution in [3.05, 3.63) is 59.6 Å². The van der Waals surface area contributed by atoms with Gasteiger partial charge in [-0.1, -0.05) is 23.7 Å². The molecule has 134 valence electrons. The molecule has 1 saturated heterocycles. The van der Waals surface area contributed by atoms with Crippen LogP contribution in [-0.2, 0) is 0 Å². The number of nitrogens with zero attached hydrogens (tertiary/aromatic N) is 3. The fraction of sp³-hybridized carbons (Fsp3) is 0.316. The molecular weight excluding hydrogens is 350 g/mol. The minimum absolute atomic E-state index is 0.164. The second-order valence-electron chi connectivity index (χ2n) is 6.57. The van der Waals surface area contributed by atoms with Crippen molar-refractivity contribution in [1.29, 1.82) is 0 Å². The first-order valence-electron chi connectivity index (χ1n) is 8.86. The molecular formula is C19H22ClN5O+2. The average Bonchev–Trinajstić information content (AvgIpc) is 3.18. The van der Waals surface area contributed by atoms with E-state index in [0.29, 0.717) is 16.8 Å². The Morgan fingerprint density at radius 1 is 1.15 bits per heavy atom. The first-order valence-corrected chi connectivity index (χ1v) is 9.24.